The molecule has 120 valence electrons. The normalized spacial score (nSPS) is 13.6. The summed E-state index contributed by atoms with van der Waals surface area (Å²) in [6.45, 7) is 20.8. The van der Waals surface area contributed by atoms with Gasteiger partial charge in [-0.1, -0.05) is 50.5 Å². The number of hydrogen-bond donors (Lipinski definition) is 0. The molecule has 0 spiro atoms. The smallest absolute Gasteiger partial charge is 0.0164 e. The highest BCUT2D eigenvalue weighted by Gasteiger charge is 2.21. The maximum absolute atomic E-state index is 3.95. The van der Waals surface area contributed by atoms with Gasteiger partial charge in [-0.2, -0.15) is 0 Å². The summed E-state index contributed by atoms with van der Waals surface area (Å²) in [6.07, 6.45) is 15.5. The molecule has 0 aliphatic carbocycles. The van der Waals surface area contributed by atoms with E-state index in [1.807, 2.05) is 12.2 Å². The van der Waals surface area contributed by atoms with Gasteiger partial charge in [-0.3, -0.25) is 4.90 Å². The monoisotopic (exact) mass is 289 g/mol. The zero-order chi connectivity index (χ0) is 15.9. The predicted octanol–water partition coefficient (Wildman–Crippen LogP) is 5.63. The Kier molecular flexibility index (Phi) is 13.2. The van der Waals surface area contributed by atoms with Crippen molar-refractivity contribution in [1.29, 1.82) is 0 Å². The van der Waals surface area contributed by atoms with E-state index in [1.165, 1.54) is 25.7 Å². The Morgan fingerprint density at radius 2 is 1.38 bits per heavy atom. The van der Waals surface area contributed by atoms with E-state index >= 15 is 0 Å². The van der Waals surface area contributed by atoms with E-state index in [-0.39, 0.29) is 0 Å². The highest BCUT2D eigenvalue weighted by atomic mass is 15.1. The molecule has 0 aromatic carbocycles. The minimum absolute atomic E-state index is 0.650. The standard InChI is InChI=1S/C20H35N/c1-6-11-12-15-19(13-7-2)20(14-8-3)18-21(16-9-4)17-10-5/h7-10,19-20H,2-6,11-18H2,1H3. The summed E-state index contributed by atoms with van der Waals surface area (Å²) in [5.41, 5.74) is 0. The van der Waals surface area contributed by atoms with E-state index in [1.54, 1.807) is 0 Å². The van der Waals surface area contributed by atoms with E-state index in [0.717, 1.165) is 32.5 Å². The molecule has 0 radical (unpaired) electrons. The van der Waals surface area contributed by atoms with E-state index in [4.69, 9.17) is 0 Å². The molecule has 1 heteroatoms. The third-order valence-corrected chi connectivity index (χ3v) is 4.05. The van der Waals surface area contributed by atoms with Crippen molar-refractivity contribution in [2.24, 2.45) is 11.8 Å². The van der Waals surface area contributed by atoms with Crippen LogP contribution >= 0.6 is 0 Å². The third-order valence-electron chi connectivity index (χ3n) is 4.05. The zero-order valence-electron chi connectivity index (χ0n) is 14.1. The summed E-state index contributed by atoms with van der Waals surface area (Å²) < 4.78 is 0. The van der Waals surface area contributed by atoms with Gasteiger partial charge in [0.15, 0.2) is 0 Å². The summed E-state index contributed by atoms with van der Waals surface area (Å²) in [5.74, 6) is 1.36. The molecular formula is C20H35N. The maximum Gasteiger partial charge on any atom is 0.0164 e. The van der Waals surface area contributed by atoms with Crippen LogP contribution in [0.25, 0.3) is 0 Å². The first-order valence-corrected chi connectivity index (χ1v) is 8.39. The lowest BCUT2D eigenvalue weighted by Gasteiger charge is -2.31. The second-order valence-corrected chi connectivity index (χ2v) is 5.86. The van der Waals surface area contributed by atoms with Crippen molar-refractivity contribution in [1.82, 2.24) is 4.90 Å². The lowest BCUT2D eigenvalue weighted by Crippen LogP contribution is -2.33. The van der Waals surface area contributed by atoms with Crippen LogP contribution in [0.1, 0.15) is 45.4 Å². The van der Waals surface area contributed by atoms with Crippen LogP contribution in [0.4, 0.5) is 0 Å². The molecule has 0 aliphatic heterocycles. The zero-order valence-corrected chi connectivity index (χ0v) is 14.1. The van der Waals surface area contributed by atoms with Gasteiger partial charge in [0.2, 0.25) is 0 Å². The van der Waals surface area contributed by atoms with Crippen molar-refractivity contribution in [3.8, 4) is 0 Å². The van der Waals surface area contributed by atoms with Gasteiger partial charge in [0, 0.05) is 19.6 Å². The van der Waals surface area contributed by atoms with Crippen molar-refractivity contribution in [2.45, 2.75) is 45.4 Å². The number of rotatable bonds is 15. The average molecular weight is 290 g/mol. The number of hydrogen-bond acceptors (Lipinski definition) is 1. The van der Waals surface area contributed by atoms with E-state index < -0.39 is 0 Å². The Hall–Kier alpha value is -1.08. The molecule has 0 N–H and O–H groups in total. The van der Waals surface area contributed by atoms with Crippen molar-refractivity contribution in [3.05, 3.63) is 50.6 Å². The second-order valence-electron chi connectivity index (χ2n) is 5.86. The first-order chi connectivity index (χ1) is 10.2. The summed E-state index contributed by atoms with van der Waals surface area (Å²) in [4.78, 5) is 2.42. The van der Waals surface area contributed by atoms with E-state index in [9.17, 15) is 0 Å². The topological polar surface area (TPSA) is 3.24 Å². The molecule has 0 fully saturated rings. The molecule has 0 saturated heterocycles. The molecule has 2 unspecified atom stereocenters. The van der Waals surface area contributed by atoms with Gasteiger partial charge in [-0.05, 0) is 31.1 Å². The molecule has 21 heavy (non-hydrogen) atoms. The molecule has 0 aromatic rings. The lowest BCUT2D eigenvalue weighted by atomic mass is 9.82. The largest absolute Gasteiger partial charge is 0.296 e. The maximum atomic E-state index is 3.95. The summed E-state index contributed by atoms with van der Waals surface area (Å²) >= 11 is 0. The summed E-state index contributed by atoms with van der Waals surface area (Å²) in [7, 11) is 0. The molecule has 0 amide bonds. The lowest BCUT2D eigenvalue weighted by molar-refractivity contribution is 0.208. The Morgan fingerprint density at radius 3 is 1.86 bits per heavy atom. The van der Waals surface area contributed by atoms with Crippen LogP contribution in [-0.4, -0.2) is 24.5 Å². The minimum Gasteiger partial charge on any atom is -0.296 e. The molecule has 0 bridgehead atoms. The van der Waals surface area contributed by atoms with Gasteiger partial charge in [-0.15, -0.1) is 26.3 Å². The Morgan fingerprint density at radius 1 is 0.810 bits per heavy atom. The first kappa shape index (κ1) is 19.9. The van der Waals surface area contributed by atoms with Gasteiger partial charge in [-0.25, -0.2) is 0 Å². The van der Waals surface area contributed by atoms with Crippen molar-refractivity contribution in [3.63, 3.8) is 0 Å². The van der Waals surface area contributed by atoms with Gasteiger partial charge in [0.05, 0.1) is 0 Å². The SMILES string of the molecule is C=CCC(CCCCC)C(CC=C)CN(CC=C)CC=C. The van der Waals surface area contributed by atoms with Crippen LogP contribution < -0.4 is 0 Å². The fourth-order valence-corrected chi connectivity index (χ4v) is 2.97. The third kappa shape index (κ3) is 9.47. The Labute approximate surface area is 133 Å². The molecular weight excluding hydrogens is 254 g/mol. The predicted molar refractivity (Wildman–Crippen MR) is 97.6 cm³/mol. The highest BCUT2D eigenvalue weighted by molar-refractivity contribution is 4.88. The fourth-order valence-electron chi connectivity index (χ4n) is 2.97. The average Bonchev–Trinajstić information content (AvgIpc) is 2.46. The minimum atomic E-state index is 0.650. The summed E-state index contributed by atoms with van der Waals surface area (Å²) in [5, 5.41) is 0. The van der Waals surface area contributed by atoms with Gasteiger partial charge in [0.25, 0.3) is 0 Å². The molecule has 1 nitrogen and oxygen atoms in total. The molecule has 0 saturated carbocycles. The van der Waals surface area contributed by atoms with Crippen LogP contribution in [0.2, 0.25) is 0 Å². The molecule has 0 rings (SSSR count). The highest BCUT2D eigenvalue weighted by Crippen LogP contribution is 2.27. The second kappa shape index (κ2) is 13.9. The van der Waals surface area contributed by atoms with Crippen LogP contribution in [0.5, 0.6) is 0 Å². The van der Waals surface area contributed by atoms with Gasteiger partial charge in [0.1, 0.15) is 0 Å². The van der Waals surface area contributed by atoms with Crippen LogP contribution in [-0.2, 0) is 0 Å². The van der Waals surface area contributed by atoms with Gasteiger partial charge < -0.3 is 0 Å². The number of allylic oxidation sites excluding steroid dienone is 2. The van der Waals surface area contributed by atoms with Gasteiger partial charge >= 0.3 is 0 Å². The quantitative estimate of drug-likeness (QED) is 0.279. The first-order valence-electron chi connectivity index (χ1n) is 8.39. The fraction of sp³-hybridized carbons (Fsp3) is 0.600. The van der Waals surface area contributed by atoms with Crippen LogP contribution in [0.15, 0.2) is 50.6 Å². The number of unbranched alkanes of at least 4 members (excludes halogenated alkanes) is 2. The molecule has 0 aromatic heterocycles. The molecule has 2 atom stereocenters. The van der Waals surface area contributed by atoms with E-state index in [0.29, 0.717) is 11.8 Å². The van der Waals surface area contributed by atoms with E-state index in [2.05, 4.69) is 50.3 Å². The Balaban J connectivity index is 4.73. The molecule has 0 aliphatic rings. The Bertz CT molecular complexity index is 282. The van der Waals surface area contributed by atoms with Crippen LogP contribution in [0.3, 0.4) is 0 Å². The van der Waals surface area contributed by atoms with Crippen molar-refractivity contribution < 1.29 is 0 Å². The van der Waals surface area contributed by atoms with Crippen LogP contribution in [0, 0.1) is 11.8 Å². The molecule has 0 heterocycles. The van der Waals surface area contributed by atoms with Crippen molar-refractivity contribution in [2.75, 3.05) is 19.6 Å². The number of nitrogens with zero attached hydrogens (tertiary/aromatic N) is 1. The summed E-state index contributed by atoms with van der Waals surface area (Å²) in [6, 6.07) is 0. The van der Waals surface area contributed by atoms with Crippen molar-refractivity contribution >= 4 is 0 Å².